The predicted octanol–water partition coefficient (Wildman–Crippen LogP) is 8.05. The van der Waals surface area contributed by atoms with Gasteiger partial charge in [-0.3, -0.25) is 33.6 Å². The van der Waals surface area contributed by atoms with Crippen LogP contribution in [0.5, 0.6) is 0 Å². The summed E-state index contributed by atoms with van der Waals surface area (Å²) < 4.78 is 21.9. The lowest BCUT2D eigenvalue weighted by Gasteiger charge is -2.30. The Labute approximate surface area is 535 Å². The molecular weight excluding hydrogens is 1160 g/mol. The summed E-state index contributed by atoms with van der Waals surface area (Å²) in [5.74, 6) is -0.778. The van der Waals surface area contributed by atoms with E-state index in [2.05, 4.69) is 43.1 Å². The lowest BCUT2D eigenvalue weighted by atomic mass is 9.88. The molecule has 0 heterocycles. The summed E-state index contributed by atoms with van der Waals surface area (Å²) in [6.45, 7) is 10.2. The molecule has 5 rings (SSSR count). The van der Waals surface area contributed by atoms with Gasteiger partial charge in [-0.05, 0) is 143 Å². The van der Waals surface area contributed by atoms with Gasteiger partial charge in [0.2, 0.25) is 35.4 Å². The topological polar surface area (TPSA) is 278 Å². The highest BCUT2D eigenvalue weighted by atomic mass is 16.6. The fourth-order valence-electron chi connectivity index (χ4n) is 9.63. The summed E-state index contributed by atoms with van der Waals surface area (Å²) in [7, 11) is 0. The van der Waals surface area contributed by atoms with Crippen LogP contribution in [0.1, 0.15) is 119 Å². The minimum atomic E-state index is -1.20. The third-order valence-electron chi connectivity index (χ3n) is 14.2. The Kier molecular flexibility index (Phi) is 32.2. The first-order valence-electron chi connectivity index (χ1n) is 31.2. The third-order valence-corrected chi connectivity index (χ3v) is 14.2. The summed E-state index contributed by atoms with van der Waals surface area (Å²) in [4.78, 5) is 106. The maximum atomic E-state index is 14.5. The van der Waals surface area contributed by atoms with Crippen LogP contribution in [-0.4, -0.2) is 135 Å². The number of nitrogens with one attached hydrogen (secondary N) is 7. The zero-order chi connectivity index (χ0) is 65.8. The number of alkyl carbamates (subject to hydrolysis) is 1. The largest absolute Gasteiger partial charge is 0.444 e. The Hall–Kier alpha value is -8.74. The van der Waals surface area contributed by atoms with Crippen LogP contribution in [0.3, 0.4) is 0 Å². The van der Waals surface area contributed by atoms with Crippen molar-refractivity contribution in [2.24, 2.45) is 11.8 Å². The van der Waals surface area contributed by atoms with Crippen LogP contribution in [-0.2, 0) is 67.0 Å². The number of amides is 7. The lowest BCUT2D eigenvalue weighted by Crippen LogP contribution is -2.56. The van der Waals surface area contributed by atoms with Crippen molar-refractivity contribution in [1.82, 2.24) is 26.6 Å². The van der Waals surface area contributed by atoms with E-state index in [0.717, 1.165) is 16.7 Å². The first-order chi connectivity index (χ1) is 43.7. The molecule has 488 valence electrons. The number of carbonyl (C=O) groups excluding carboxylic acids is 8. The van der Waals surface area contributed by atoms with Gasteiger partial charge in [-0.1, -0.05) is 105 Å². The van der Waals surface area contributed by atoms with Crippen LogP contribution < -0.4 is 37.2 Å². The molecule has 0 fully saturated rings. The van der Waals surface area contributed by atoms with Gasteiger partial charge >= 0.3 is 6.09 Å². The SMILES string of the molecule is C#CCCCC(=O)Nc1ccc(C(=O)c2ccc(NC(=O)COCCOCCOCC(=O)NCCCCCNC(=O)[C@H](Cc3ccccc3)NC(=O)[C@H](CC(C)C)NC(=O)[C@H](Cc3ccccc3)C[C@@H](O)[C@H](Cc3ccccc3)NC(=O)OC(C)(C)C)cc2)cc1. The molecule has 20 nitrogen and oxygen atoms in total. The third kappa shape index (κ3) is 29.6. The maximum Gasteiger partial charge on any atom is 0.407 e. The van der Waals surface area contributed by atoms with Crippen LogP contribution in [0.15, 0.2) is 140 Å². The van der Waals surface area contributed by atoms with Crippen molar-refractivity contribution in [3.63, 3.8) is 0 Å². The number of carbonyl (C=O) groups is 8. The van der Waals surface area contributed by atoms with E-state index in [9.17, 15) is 43.5 Å². The summed E-state index contributed by atoms with van der Waals surface area (Å²) in [6.07, 6.45) is 7.61. The first-order valence-corrected chi connectivity index (χ1v) is 31.2. The van der Waals surface area contributed by atoms with Gasteiger partial charge < -0.3 is 61.3 Å². The average molecular weight is 1250 g/mol. The Morgan fingerprint density at radius 2 is 1.01 bits per heavy atom. The van der Waals surface area contributed by atoms with Crippen LogP contribution in [0.4, 0.5) is 16.2 Å². The van der Waals surface area contributed by atoms with E-state index in [1.54, 1.807) is 69.3 Å². The van der Waals surface area contributed by atoms with E-state index in [1.807, 2.05) is 105 Å². The minimum Gasteiger partial charge on any atom is -0.444 e. The summed E-state index contributed by atoms with van der Waals surface area (Å²) >= 11 is 0. The van der Waals surface area contributed by atoms with E-state index >= 15 is 0 Å². The minimum absolute atomic E-state index is 0.0331. The van der Waals surface area contributed by atoms with Crippen molar-refractivity contribution in [3.8, 4) is 12.3 Å². The molecule has 0 spiro atoms. The predicted molar refractivity (Wildman–Crippen MR) is 350 cm³/mol. The average Bonchev–Trinajstić information content (AvgIpc) is 1.84. The molecule has 20 heteroatoms. The van der Waals surface area contributed by atoms with Crippen molar-refractivity contribution >= 4 is 58.7 Å². The summed E-state index contributed by atoms with van der Waals surface area (Å²) in [5.41, 5.74) is 3.67. The number of unbranched alkanes of at least 4 members (excludes halogenated alkanes) is 3. The number of anilines is 2. The molecule has 0 aromatic heterocycles. The Morgan fingerprint density at radius 1 is 0.516 bits per heavy atom. The van der Waals surface area contributed by atoms with Gasteiger partial charge in [-0.15, -0.1) is 12.3 Å². The van der Waals surface area contributed by atoms with Gasteiger partial charge in [0.1, 0.15) is 30.9 Å². The highest BCUT2D eigenvalue weighted by Gasteiger charge is 2.34. The monoisotopic (exact) mass is 1250 g/mol. The van der Waals surface area contributed by atoms with Crippen LogP contribution in [0, 0.1) is 24.2 Å². The van der Waals surface area contributed by atoms with Crippen molar-refractivity contribution in [2.45, 2.75) is 135 Å². The molecule has 0 bridgehead atoms. The van der Waals surface area contributed by atoms with Crippen molar-refractivity contribution in [1.29, 1.82) is 0 Å². The molecular formula is C71H91N7O13. The second-order valence-corrected chi connectivity index (χ2v) is 23.6. The zero-order valence-corrected chi connectivity index (χ0v) is 53.1. The number of benzene rings is 5. The number of ketones is 1. The summed E-state index contributed by atoms with van der Waals surface area (Å²) in [5, 5.41) is 32.0. The molecule has 5 aromatic rings. The molecule has 0 radical (unpaired) electrons. The van der Waals surface area contributed by atoms with E-state index in [1.165, 1.54) is 0 Å². The van der Waals surface area contributed by atoms with Gasteiger partial charge in [0.05, 0.1) is 38.6 Å². The standard InChI is InChI=1S/C71H91N7O13/c1-7-8-13-28-63(80)74-57-33-29-54(30-34-57)66(83)55-31-35-58(36-32-55)75-65(82)49-90-42-40-88-39-41-89-48-64(81)72-37-20-12-21-38-73-68(85)61(46-53-26-18-11-19-27-53)77-69(86)60(43-50(2)3)76-67(84)56(44-51-22-14-9-15-23-51)47-62(79)59(45-52-24-16-10-17-25-52)78-70(87)91-71(4,5)6/h1,9-11,14-19,22-27,29-36,50,56,59-62,79H,8,12-13,20-21,28,37-49H2,2-6H3,(H,72,81)(H,73,85)(H,74,80)(H,75,82)(H,76,84)(H,77,86)(H,78,87)/t56-,59+,60+,61+,62-/m1/s1. The molecule has 0 aliphatic rings. The number of aliphatic hydroxyl groups is 1. The van der Waals surface area contributed by atoms with Gasteiger partial charge in [0.15, 0.2) is 5.78 Å². The fraction of sp³-hybridized carbons (Fsp3) is 0.437. The number of aliphatic hydroxyl groups excluding tert-OH is 1. The molecule has 0 saturated heterocycles. The quantitative estimate of drug-likeness (QED) is 0.0105. The second-order valence-electron chi connectivity index (χ2n) is 23.6. The number of ether oxygens (including phenoxy) is 4. The molecule has 0 saturated carbocycles. The van der Waals surface area contributed by atoms with Gasteiger partial charge in [-0.25, -0.2) is 4.79 Å². The number of terminal acetylenes is 1. The molecule has 5 aromatic carbocycles. The van der Waals surface area contributed by atoms with Gasteiger partial charge in [-0.2, -0.15) is 0 Å². The number of hydrogen-bond acceptors (Lipinski definition) is 13. The Morgan fingerprint density at radius 3 is 1.55 bits per heavy atom. The highest BCUT2D eigenvalue weighted by molar-refractivity contribution is 6.09. The van der Waals surface area contributed by atoms with E-state index in [4.69, 9.17) is 25.4 Å². The van der Waals surface area contributed by atoms with E-state index < -0.39 is 59.6 Å². The lowest BCUT2D eigenvalue weighted by molar-refractivity contribution is -0.134. The molecule has 0 unspecified atom stereocenters. The molecule has 91 heavy (non-hydrogen) atoms. The zero-order valence-electron chi connectivity index (χ0n) is 53.1. The van der Waals surface area contributed by atoms with Crippen molar-refractivity contribution < 1.29 is 62.4 Å². The van der Waals surface area contributed by atoms with Crippen molar-refractivity contribution in [2.75, 3.05) is 63.4 Å². The number of rotatable bonds is 40. The maximum absolute atomic E-state index is 14.5. The van der Waals surface area contributed by atoms with E-state index in [-0.39, 0.29) is 101 Å². The van der Waals surface area contributed by atoms with Gasteiger partial charge in [0, 0.05) is 60.8 Å². The first kappa shape index (κ1) is 73.0. The second kappa shape index (κ2) is 40.1. The van der Waals surface area contributed by atoms with E-state index in [0.29, 0.717) is 74.1 Å². The summed E-state index contributed by atoms with van der Waals surface area (Å²) in [6, 6.07) is 38.3. The normalized spacial score (nSPS) is 12.8. The Bertz CT molecular complexity index is 3080. The van der Waals surface area contributed by atoms with Crippen molar-refractivity contribution in [3.05, 3.63) is 167 Å². The molecule has 8 N–H and O–H groups in total. The molecule has 0 aliphatic carbocycles. The number of hydrogen-bond donors (Lipinski definition) is 8. The van der Waals surface area contributed by atoms with Crippen LogP contribution >= 0.6 is 0 Å². The molecule has 5 atom stereocenters. The Balaban J connectivity index is 0.990. The van der Waals surface area contributed by atoms with Crippen LogP contribution in [0.2, 0.25) is 0 Å². The molecule has 7 amide bonds. The van der Waals surface area contributed by atoms with Crippen LogP contribution in [0.25, 0.3) is 0 Å². The molecule has 0 aliphatic heterocycles. The fourth-order valence-corrected chi connectivity index (χ4v) is 9.63. The smallest absolute Gasteiger partial charge is 0.407 e. The van der Waals surface area contributed by atoms with Gasteiger partial charge in [0.25, 0.3) is 0 Å². The highest BCUT2D eigenvalue weighted by Crippen LogP contribution is 2.22.